The van der Waals surface area contributed by atoms with Gasteiger partial charge in [-0.25, -0.2) is 0 Å². The molecule has 1 heterocycles. The molecule has 29 heavy (non-hydrogen) atoms. The van der Waals surface area contributed by atoms with Gasteiger partial charge in [-0.15, -0.1) is 0 Å². The van der Waals surface area contributed by atoms with E-state index in [2.05, 4.69) is 11.4 Å². The molecule has 2 aliphatic carbocycles. The van der Waals surface area contributed by atoms with Gasteiger partial charge in [0.25, 0.3) is 0 Å². The molecule has 0 spiro atoms. The van der Waals surface area contributed by atoms with E-state index in [0.717, 1.165) is 36.9 Å². The fraction of sp³-hybridized carbons (Fsp3) is 0.565. The smallest absolute Gasteiger partial charge is 0.232 e. The number of piperidine rings is 1. The van der Waals surface area contributed by atoms with Crippen LogP contribution in [-0.2, 0) is 16.1 Å². The average Bonchev–Trinajstić information content (AvgIpc) is 3.42. The summed E-state index contributed by atoms with van der Waals surface area (Å²) in [7, 11) is 3.21. The lowest BCUT2D eigenvalue weighted by atomic mass is 9.75. The van der Waals surface area contributed by atoms with Crippen molar-refractivity contribution in [3.8, 4) is 11.5 Å². The number of allylic oxidation sites excluding steroid dienone is 1. The second-order valence-corrected chi connectivity index (χ2v) is 8.28. The summed E-state index contributed by atoms with van der Waals surface area (Å²) < 4.78 is 10.6. The van der Waals surface area contributed by atoms with Gasteiger partial charge in [-0.05, 0) is 49.8 Å². The zero-order valence-electron chi connectivity index (χ0n) is 17.3. The van der Waals surface area contributed by atoms with Crippen LogP contribution in [0.5, 0.6) is 11.5 Å². The minimum absolute atomic E-state index is 0.0338. The third kappa shape index (κ3) is 3.49. The van der Waals surface area contributed by atoms with Crippen LogP contribution in [0, 0.1) is 5.41 Å². The Balaban J connectivity index is 1.50. The molecule has 1 N–H and O–H groups in total. The molecular weight excluding hydrogens is 368 g/mol. The number of hydrogen-bond donors (Lipinski definition) is 1. The van der Waals surface area contributed by atoms with E-state index in [1.54, 1.807) is 14.2 Å². The van der Waals surface area contributed by atoms with E-state index in [0.29, 0.717) is 30.9 Å². The number of ether oxygens (including phenoxy) is 2. The molecule has 6 nitrogen and oxygen atoms in total. The van der Waals surface area contributed by atoms with E-state index in [-0.39, 0.29) is 17.9 Å². The second-order valence-electron chi connectivity index (χ2n) is 8.28. The summed E-state index contributed by atoms with van der Waals surface area (Å²) in [6.45, 7) is 0.422. The maximum Gasteiger partial charge on any atom is 0.232 e. The molecule has 1 aliphatic heterocycles. The number of benzene rings is 1. The van der Waals surface area contributed by atoms with Crippen molar-refractivity contribution in [1.29, 1.82) is 0 Å². The Labute approximate surface area is 172 Å². The Morgan fingerprint density at radius 1 is 1.17 bits per heavy atom. The Hall–Kier alpha value is -2.50. The van der Waals surface area contributed by atoms with Crippen molar-refractivity contribution >= 4 is 11.8 Å². The van der Waals surface area contributed by atoms with Crippen LogP contribution < -0.4 is 14.8 Å². The summed E-state index contributed by atoms with van der Waals surface area (Å²) in [6.07, 6.45) is 9.27. The van der Waals surface area contributed by atoms with Gasteiger partial charge < -0.3 is 19.7 Å². The molecule has 2 fully saturated rings. The first-order valence-electron chi connectivity index (χ1n) is 10.6. The van der Waals surface area contributed by atoms with Crippen molar-refractivity contribution < 1.29 is 19.1 Å². The highest BCUT2D eigenvalue weighted by Gasteiger charge is 2.52. The van der Waals surface area contributed by atoms with Gasteiger partial charge >= 0.3 is 0 Å². The topological polar surface area (TPSA) is 67.9 Å². The van der Waals surface area contributed by atoms with Crippen LogP contribution in [0.15, 0.2) is 30.0 Å². The summed E-state index contributed by atoms with van der Waals surface area (Å²) in [5, 5.41) is 3.13. The molecule has 1 aromatic carbocycles. The quantitative estimate of drug-likeness (QED) is 0.796. The van der Waals surface area contributed by atoms with Crippen LogP contribution in [0.1, 0.15) is 56.9 Å². The largest absolute Gasteiger partial charge is 0.493 e. The summed E-state index contributed by atoms with van der Waals surface area (Å²) in [5.74, 6) is 1.54. The van der Waals surface area contributed by atoms with E-state index in [1.807, 2.05) is 23.1 Å². The fourth-order valence-corrected chi connectivity index (χ4v) is 5.18. The molecule has 2 amide bonds. The van der Waals surface area contributed by atoms with Crippen LogP contribution in [0.2, 0.25) is 0 Å². The first kappa shape index (κ1) is 19.8. The number of likely N-dealkylation sites (tertiary alicyclic amines) is 1. The zero-order chi connectivity index (χ0) is 20.4. The molecule has 0 bridgehead atoms. The highest BCUT2D eigenvalue weighted by Crippen LogP contribution is 2.50. The van der Waals surface area contributed by atoms with Crippen molar-refractivity contribution in [2.45, 2.75) is 64.0 Å². The van der Waals surface area contributed by atoms with E-state index in [4.69, 9.17) is 9.47 Å². The number of hydrogen-bond acceptors (Lipinski definition) is 4. The maximum atomic E-state index is 13.4. The number of carbonyl (C=O) groups excluding carboxylic acids is 2. The van der Waals surface area contributed by atoms with E-state index in [9.17, 15) is 9.59 Å². The predicted molar refractivity (Wildman–Crippen MR) is 109 cm³/mol. The molecule has 6 heteroatoms. The van der Waals surface area contributed by atoms with E-state index >= 15 is 0 Å². The lowest BCUT2D eigenvalue weighted by Gasteiger charge is -2.44. The fourth-order valence-electron chi connectivity index (χ4n) is 5.18. The second kappa shape index (κ2) is 8.09. The van der Waals surface area contributed by atoms with Crippen molar-refractivity contribution in [3.63, 3.8) is 0 Å². The number of fused-ring (bicyclic) bond motifs is 1. The SMILES string of the molecule is COc1ccc(CNC(=O)C23CCC=C2N(C2CCCC2)C(=O)CC3)cc1OC. The molecule has 1 unspecified atom stereocenters. The number of rotatable bonds is 6. The van der Waals surface area contributed by atoms with Crippen LogP contribution in [0.4, 0.5) is 0 Å². The Morgan fingerprint density at radius 3 is 2.66 bits per heavy atom. The third-order valence-corrected chi connectivity index (χ3v) is 6.72. The van der Waals surface area contributed by atoms with Gasteiger partial charge in [-0.1, -0.05) is 25.0 Å². The van der Waals surface area contributed by atoms with Crippen LogP contribution in [0.25, 0.3) is 0 Å². The third-order valence-electron chi connectivity index (χ3n) is 6.72. The first-order chi connectivity index (χ1) is 14.1. The molecule has 4 rings (SSSR count). The van der Waals surface area contributed by atoms with Gasteiger partial charge in [-0.3, -0.25) is 9.59 Å². The summed E-state index contributed by atoms with van der Waals surface area (Å²) in [4.78, 5) is 28.1. The van der Waals surface area contributed by atoms with Crippen molar-refractivity contribution in [2.75, 3.05) is 14.2 Å². The van der Waals surface area contributed by atoms with Crippen LogP contribution in [0.3, 0.4) is 0 Å². The minimum atomic E-state index is -0.562. The molecule has 0 radical (unpaired) electrons. The van der Waals surface area contributed by atoms with Crippen molar-refractivity contribution in [2.24, 2.45) is 5.41 Å². The summed E-state index contributed by atoms with van der Waals surface area (Å²) in [6, 6.07) is 5.93. The number of nitrogens with one attached hydrogen (secondary N) is 1. The molecular formula is C23H30N2O4. The van der Waals surface area contributed by atoms with Gasteiger partial charge in [0.1, 0.15) is 0 Å². The van der Waals surface area contributed by atoms with Gasteiger partial charge in [0.05, 0.1) is 19.6 Å². The van der Waals surface area contributed by atoms with Gasteiger partial charge in [0.15, 0.2) is 11.5 Å². The summed E-state index contributed by atoms with van der Waals surface area (Å²) in [5.41, 5.74) is 1.36. The number of nitrogens with zero attached hydrogens (tertiary/aromatic N) is 1. The minimum Gasteiger partial charge on any atom is -0.493 e. The molecule has 1 aromatic rings. The predicted octanol–water partition coefficient (Wildman–Crippen LogP) is 3.55. The van der Waals surface area contributed by atoms with E-state index in [1.165, 1.54) is 12.8 Å². The standard InChI is InChI=1S/C23H30N2O4/c1-28-18-10-9-16(14-19(18)29-2)15-24-22(27)23-12-5-8-20(23)25(21(26)11-13-23)17-6-3-4-7-17/h8-10,14,17H,3-7,11-13,15H2,1-2H3,(H,24,27). The van der Waals surface area contributed by atoms with Crippen LogP contribution in [-0.4, -0.2) is 37.0 Å². The van der Waals surface area contributed by atoms with Crippen LogP contribution >= 0.6 is 0 Å². The highest BCUT2D eigenvalue weighted by molar-refractivity contribution is 5.91. The zero-order valence-corrected chi connectivity index (χ0v) is 17.3. The molecule has 1 atom stereocenters. The highest BCUT2D eigenvalue weighted by atomic mass is 16.5. The Kier molecular flexibility index (Phi) is 5.52. The van der Waals surface area contributed by atoms with Crippen molar-refractivity contribution in [1.82, 2.24) is 10.2 Å². The lowest BCUT2D eigenvalue weighted by Crippen LogP contribution is -2.52. The van der Waals surface area contributed by atoms with Gasteiger partial charge in [0, 0.05) is 24.7 Å². The normalized spacial score (nSPS) is 24.3. The number of amides is 2. The van der Waals surface area contributed by atoms with Crippen molar-refractivity contribution in [3.05, 3.63) is 35.5 Å². The molecule has 1 saturated heterocycles. The molecule has 1 saturated carbocycles. The first-order valence-corrected chi connectivity index (χ1v) is 10.6. The van der Waals surface area contributed by atoms with Gasteiger partial charge in [0.2, 0.25) is 11.8 Å². The Bertz CT molecular complexity index is 828. The van der Waals surface area contributed by atoms with Gasteiger partial charge in [-0.2, -0.15) is 0 Å². The monoisotopic (exact) mass is 398 g/mol. The number of methoxy groups -OCH3 is 2. The molecule has 3 aliphatic rings. The van der Waals surface area contributed by atoms with E-state index < -0.39 is 5.41 Å². The summed E-state index contributed by atoms with van der Waals surface area (Å²) >= 11 is 0. The average molecular weight is 399 g/mol. The lowest BCUT2D eigenvalue weighted by molar-refractivity contribution is -0.141. The number of carbonyl (C=O) groups is 2. The molecule has 0 aromatic heterocycles. The molecule has 156 valence electrons. The Morgan fingerprint density at radius 2 is 1.93 bits per heavy atom. The maximum absolute atomic E-state index is 13.4.